The number of para-hydroxylation sites is 1. The molecule has 2 saturated carbocycles. The third-order valence-corrected chi connectivity index (χ3v) is 11.7. The summed E-state index contributed by atoms with van der Waals surface area (Å²) in [5.74, 6) is -3.72. The van der Waals surface area contributed by atoms with Crippen LogP contribution in [0.1, 0.15) is 22.8 Å². The van der Waals surface area contributed by atoms with Crippen molar-refractivity contribution in [3.05, 3.63) is 73.7 Å². The maximum absolute atomic E-state index is 13.4. The molecule has 2 aromatic carbocycles. The average molecular weight is 626 g/mol. The van der Waals surface area contributed by atoms with Crippen LogP contribution < -0.4 is 14.9 Å². The molecule has 3 N–H and O–H groups in total. The van der Waals surface area contributed by atoms with Gasteiger partial charge in [-0.2, -0.15) is 0 Å². The SMILES string of the molecule is O=C(O)CN1C(=O)C2C3CC(C2C1=O)C1C3Sc2[nH]c(=O)sc2[C@@H]1c1ccccc1OCC(=O)Nc1ccc(Cl)cc1. The Bertz CT molecular complexity index is 1690. The third kappa shape index (κ3) is 4.35. The highest BCUT2D eigenvalue weighted by molar-refractivity contribution is 8.00. The Hall–Kier alpha value is -3.61. The molecule has 216 valence electrons. The Kier molecular flexibility index (Phi) is 6.67. The van der Waals surface area contributed by atoms with Crippen LogP contribution in [0.2, 0.25) is 5.02 Å². The van der Waals surface area contributed by atoms with Gasteiger partial charge in [0.05, 0.1) is 16.9 Å². The molecule has 4 aliphatic rings. The lowest BCUT2D eigenvalue weighted by Crippen LogP contribution is -2.42. The average Bonchev–Trinajstić information content (AvgIpc) is 3.69. The van der Waals surface area contributed by atoms with E-state index in [0.717, 1.165) is 31.7 Å². The molecule has 2 aliphatic heterocycles. The molecular weight excluding hydrogens is 602 g/mol. The first-order valence-corrected chi connectivity index (χ1v) is 15.5. The Balaban J connectivity index is 1.21. The van der Waals surface area contributed by atoms with Gasteiger partial charge in [-0.15, -0.1) is 11.8 Å². The maximum atomic E-state index is 13.4. The monoisotopic (exact) mass is 625 g/mol. The predicted molar refractivity (Wildman–Crippen MR) is 155 cm³/mol. The number of imide groups is 1. The van der Waals surface area contributed by atoms with Crippen molar-refractivity contribution in [2.24, 2.45) is 29.6 Å². The molecule has 2 aliphatic carbocycles. The van der Waals surface area contributed by atoms with Gasteiger partial charge in [0.25, 0.3) is 5.91 Å². The number of aliphatic carboxylic acids is 1. The number of halogens is 1. The number of carbonyl (C=O) groups is 4. The molecule has 3 aromatic rings. The zero-order valence-electron chi connectivity index (χ0n) is 21.8. The molecule has 10 nitrogen and oxygen atoms in total. The topological polar surface area (TPSA) is 146 Å². The third-order valence-electron chi connectivity index (χ3n) is 8.85. The molecule has 3 fully saturated rings. The molecule has 1 saturated heterocycles. The van der Waals surface area contributed by atoms with Crippen molar-refractivity contribution in [2.75, 3.05) is 18.5 Å². The number of H-pyrrole nitrogens is 1. The van der Waals surface area contributed by atoms with Gasteiger partial charge in [-0.25, -0.2) is 0 Å². The summed E-state index contributed by atoms with van der Waals surface area (Å²) >= 11 is 8.60. The van der Waals surface area contributed by atoms with Crippen molar-refractivity contribution in [2.45, 2.75) is 22.6 Å². The number of carboxylic acids is 1. The minimum Gasteiger partial charge on any atom is -0.483 e. The summed E-state index contributed by atoms with van der Waals surface area (Å²) in [5, 5.41) is 13.3. The Morgan fingerprint density at radius 2 is 1.76 bits per heavy atom. The fourth-order valence-corrected chi connectivity index (χ4v) is 10.5. The Labute approximate surface area is 252 Å². The van der Waals surface area contributed by atoms with Crippen LogP contribution in [0.3, 0.4) is 0 Å². The molecule has 42 heavy (non-hydrogen) atoms. The van der Waals surface area contributed by atoms with E-state index >= 15 is 0 Å². The van der Waals surface area contributed by atoms with E-state index in [1.807, 2.05) is 18.2 Å². The summed E-state index contributed by atoms with van der Waals surface area (Å²) in [7, 11) is 0. The van der Waals surface area contributed by atoms with Crippen LogP contribution in [-0.4, -0.2) is 57.1 Å². The number of thioether (sulfide) groups is 1. The number of fused-ring (bicyclic) bond motifs is 9. The highest BCUT2D eigenvalue weighted by Gasteiger charge is 2.69. The van der Waals surface area contributed by atoms with E-state index in [0.29, 0.717) is 22.9 Å². The molecule has 3 heterocycles. The van der Waals surface area contributed by atoms with Gasteiger partial charge in [0.15, 0.2) is 6.61 Å². The lowest BCUT2D eigenvalue weighted by atomic mass is 9.68. The predicted octanol–water partition coefficient (Wildman–Crippen LogP) is 3.67. The van der Waals surface area contributed by atoms with Crippen LogP contribution in [0.15, 0.2) is 58.4 Å². The fraction of sp³-hybridized carbons (Fsp3) is 0.345. The molecule has 7 atom stereocenters. The zero-order chi connectivity index (χ0) is 29.3. The summed E-state index contributed by atoms with van der Waals surface area (Å²) < 4.78 is 6.06. The minimum absolute atomic E-state index is 0.0539. The smallest absolute Gasteiger partial charge is 0.323 e. The summed E-state index contributed by atoms with van der Waals surface area (Å²) in [5.41, 5.74) is 1.38. The standard InChI is InChI=1S/C29H24ClN3O7S2/c30-12-5-7-13(8-6-12)31-18(34)11-40-17-4-2-1-3-14(17)20-21-15-9-16(24(21)41-26-25(20)42-29(39)32-26)23-22(15)27(37)33(28(23)38)10-19(35)36/h1-8,15-16,20-24H,9-11H2,(H,31,34)(H,32,39)(H,35,36)/t15?,16?,20-,21?,22?,23?,24?/m1/s1. The van der Waals surface area contributed by atoms with Gasteiger partial charge < -0.3 is 20.1 Å². The van der Waals surface area contributed by atoms with Crippen molar-refractivity contribution in [1.82, 2.24) is 9.88 Å². The number of nitrogens with zero attached hydrogens (tertiary/aromatic N) is 1. The van der Waals surface area contributed by atoms with E-state index in [2.05, 4.69) is 10.3 Å². The lowest BCUT2D eigenvalue weighted by Gasteiger charge is -2.43. The van der Waals surface area contributed by atoms with Crippen molar-refractivity contribution in [1.29, 1.82) is 0 Å². The first-order chi connectivity index (χ1) is 20.2. The molecule has 0 spiro atoms. The van der Waals surface area contributed by atoms with Gasteiger partial charge in [0.2, 0.25) is 11.8 Å². The van der Waals surface area contributed by atoms with E-state index in [9.17, 15) is 29.1 Å². The molecular formula is C29H24ClN3O7S2. The number of likely N-dealkylation sites (tertiary alicyclic amines) is 1. The van der Waals surface area contributed by atoms with Gasteiger partial charge in [-0.3, -0.25) is 28.9 Å². The van der Waals surface area contributed by atoms with Crippen LogP contribution in [0.5, 0.6) is 5.75 Å². The van der Waals surface area contributed by atoms with Crippen LogP contribution in [0.4, 0.5) is 5.69 Å². The van der Waals surface area contributed by atoms with E-state index in [4.69, 9.17) is 16.3 Å². The molecule has 1 aromatic heterocycles. The first kappa shape index (κ1) is 27.2. The van der Waals surface area contributed by atoms with Crippen LogP contribution >= 0.6 is 34.7 Å². The van der Waals surface area contributed by atoms with Gasteiger partial charge >= 0.3 is 10.8 Å². The van der Waals surface area contributed by atoms with E-state index in [1.165, 1.54) is 0 Å². The second-order valence-corrected chi connectivity index (χ2v) is 13.6. The first-order valence-electron chi connectivity index (χ1n) is 13.4. The zero-order valence-corrected chi connectivity index (χ0v) is 24.2. The number of hydrogen-bond donors (Lipinski definition) is 3. The molecule has 13 heteroatoms. The number of hydrogen-bond acceptors (Lipinski definition) is 8. The van der Waals surface area contributed by atoms with Gasteiger partial charge in [0.1, 0.15) is 12.3 Å². The molecule has 7 rings (SSSR count). The number of carbonyl (C=O) groups excluding carboxylic acids is 3. The number of aromatic amines is 1. The summed E-state index contributed by atoms with van der Waals surface area (Å²) in [4.78, 5) is 67.9. The second kappa shape index (κ2) is 10.3. The second-order valence-electron chi connectivity index (χ2n) is 11.0. The van der Waals surface area contributed by atoms with Crippen molar-refractivity contribution in [3.63, 3.8) is 0 Å². The van der Waals surface area contributed by atoms with Gasteiger partial charge in [0, 0.05) is 32.3 Å². The summed E-state index contributed by atoms with van der Waals surface area (Å²) in [6.07, 6.45) is 0.679. The van der Waals surface area contributed by atoms with Crippen molar-refractivity contribution < 1.29 is 29.0 Å². The van der Waals surface area contributed by atoms with Crippen LogP contribution in [0.25, 0.3) is 0 Å². The number of rotatable bonds is 7. The molecule has 2 bridgehead atoms. The maximum Gasteiger partial charge on any atom is 0.323 e. The van der Waals surface area contributed by atoms with Crippen LogP contribution in [0, 0.1) is 29.6 Å². The highest BCUT2D eigenvalue weighted by Crippen LogP contribution is 2.69. The Morgan fingerprint density at radius 1 is 1.05 bits per heavy atom. The largest absolute Gasteiger partial charge is 0.483 e. The number of amides is 3. The summed E-state index contributed by atoms with van der Waals surface area (Å²) in [6, 6.07) is 14.1. The molecule has 6 unspecified atom stereocenters. The van der Waals surface area contributed by atoms with E-state index < -0.39 is 36.2 Å². The minimum atomic E-state index is -1.22. The lowest BCUT2D eigenvalue weighted by molar-refractivity contribution is -0.149. The quantitative estimate of drug-likeness (QED) is 0.337. The highest BCUT2D eigenvalue weighted by atomic mass is 35.5. The fourth-order valence-electron chi connectivity index (χ4n) is 7.46. The van der Waals surface area contributed by atoms with E-state index in [-0.39, 0.29) is 46.3 Å². The Morgan fingerprint density at radius 3 is 2.50 bits per heavy atom. The van der Waals surface area contributed by atoms with Crippen molar-refractivity contribution >= 4 is 64.1 Å². The normalized spacial score (nSPS) is 28.8. The number of thiazole rings is 1. The van der Waals surface area contributed by atoms with Gasteiger partial charge in [-0.1, -0.05) is 41.1 Å². The number of anilines is 1. The number of ether oxygens (including phenoxy) is 1. The number of nitrogens with one attached hydrogen (secondary N) is 2. The molecule has 3 amide bonds. The number of benzene rings is 2. The number of aromatic nitrogens is 1. The van der Waals surface area contributed by atoms with Crippen molar-refractivity contribution in [3.8, 4) is 5.75 Å². The molecule has 0 radical (unpaired) electrons. The van der Waals surface area contributed by atoms with E-state index in [1.54, 1.807) is 42.1 Å². The summed E-state index contributed by atoms with van der Waals surface area (Å²) in [6.45, 7) is -0.884. The number of carboxylic acid groups (broad SMARTS) is 1. The van der Waals surface area contributed by atoms with Crippen LogP contribution in [-0.2, 0) is 19.2 Å². The van der Waals surface area contributed by atoms with Gasteiger partial charge in [-0.05, 0) is 54.5 Å².